The van der Waals surface area contributed by atoms with E-state index >= 15 is 0 Å². The fraction of sp³-hybridized carbons (Fsp3) is 0.522. The summed E-state index contributed by atoms with van der Waals surface area (Å²) in [6.45, 7) is 4.15. The molecule has 1 saturated heterocycles. The Hall–Kier alpha value is -2.41. The van der Waals surface area contributed by atoms with Gasteiger partial charge in [-0.1, -0.05) is 0 Å². The maximum atomic E-state index is 13.1. The van der Waals surface area contributed by atoms with Crippen LogP contribution in [0.25, 0.3) is 11.3 Å². The van der Waals surface area contributed by atoms with Gasteiger partial charge in [0.25, 0.3) is 11.5 Å². The van der Waals surface area contributed by atoms with Crippen LogP contribution in [0, 0.1) is 12.8 Å². The molecule has 1 aliphatic carbocycles. The fourth-order valence-electron chi connectivity index (χ4n) is 4.51. The maximum absolute atomic E-state index is 13.1. The number of benzene rings is 1. The van der Waals surface area contributed by atoms with E-state index < -0.39 is 11.8 Å². The van der Waals surface area contributed by atoms with Gasteiger partial charge in [0.2, 0.25) is 0 Å². The van der Waals surface area contributed by atoms with E-state index in [-0.39, 0.29) is 24.7 Å². The molecule has 5 nitrogen and oxygen atoms in total. The Bertz CT molecular complexity index is 1030. The molecular weight excluding hydrogens is 390 g/mol. The first-order valence-corrected chi connectivity index (χ1v) is 10.7. The van der Waals surface area contributed by atoms with Gasteiger partial charge in [-0.05, 0) is 55.5 Å². The molecule has 0 radical (unpaired) electrons. The minimum absolute atomic E-state index is 0.0209. The number of aromatic nitrogens is 1. The van der Waals surface area contributed by atoms with Crippen molar-refractivity contribution >= 4 is 5.69 Å². The Balaban J connectivity index is 1.40. The fourth-order valence-corrected chi connectivity index (χ4v) is 4.51. The molecule has 2 aliphatic heterocycles. The first-order chi connectivity index (χ1) is 14.4. The molecule has 2 unspecified atom stereocenters. The predicted octanol–water partition coefficient (Wildman–Crippen LogP) is 4.00. The molecule has 0 bridgehead atoms. The number of alkyl halides is 2. The number of rotatable bonds is 6. The highest BCUT2D eigenvalue weighted by molar-refractivity contribution is 5.74. The minimum Gasteiger partial charge on any atom is -0.493 e. The molecular formula is C23H26F2N2O3. The third kappa shape index (κ3) is 3.60. The molecule has 1 aromatic heterocycles. The summed E-state index contributed by atoms with van der Waals surface area (Å²) in [5.74, 6) is -2.64. The number of pyridine rings is 1. The summed E-state index contributed by atoms with van der Waals surface area (Å²) in [4.78, 5) is 12.8. The summed E-state index contributed by atoms with van der Waals surface area (Å²) >= 11 is 0. The highest BCUT2D eigenvalue weighted by Crippen LogP contribution is 2.48. The zero-order valence-electron chi connectivity index (χ0n) is 17.0. The quantitative estimate of drug-likeness (QED) is 0.773. The van der Waals surface area contributed by atoms with Crippen molar-refractivity contribution in [2.45, 2.75) is 51.2 Å². The number of anilines is 1. The van der Waals surface area contributed by atoms with E-state index in [2.05, 4.69) is 5.32 Å². The van der Waals surface area contributed by atoms with E-state index in [0.29, 0.717) is 25.3 Å². The second kappa shape index (κ2) is 7.38. The number of nitrogens with zero attached hydrogens (tertiary/aromatic N) is 1. The Morgan fingerprint density at radius 1 is 1.33 bits per heavy atom. The summed E-state index contributed by atoms with van der Waals surface area (Å²) in [5, 5.41) is 3.40. The smallest absolute Gasteiger partial charge is 0.255 e. The molecule has 5 rings (SSSR count). The lowest BCUT2D eigenvalue weighted by Gasteiger charge is -2.26. The summed E-state index contributed by atoms with van der Waals surface area (Å²) in [6, 6.07) is 7.35. The van der Waals surface area contributed by atoms with Crippen LogP contribution in [-0.2, 0) is 17.7 Å². The van der Waals surface area contributed by atoms with Gasteiger partial charge in [-0.3, -0.25) is 4.79 Å². The Morgan fingerprint density at radius 2 is 2.17 bits per heavy atom. The lowest BCUT2D eigenvalue weighted by atomic mass is 9.94. The maximum Gasteiger partial charge on any atom is 0.255 e. The first-order valence-electron chi connectivity index (χ1n) is 10.7. The zero-order chi connectivity index (χ0) is 20.9. The van der Waals surface area contributed by atoms with E-state index in [1.165, 1.54) is 0 Å². The molecule has 0 amide bonds. The summed E-state index contributed by atoms with van der Waals surface area (Å²) in [5.41, 5.74) is 4.84. The van der Waals surface area contributed by atoms with Crippen LogP contribution >= 0.6 is 0 Å². The van der Waals surface area contributed by atoms with Crippen LogP contribution in [0.1, 0.15) is 30.4 Å². The third-order valence-electron chi connectivity index (χ3n) is 6.45. The average Bonchev–Trinajstić information content (AvgIpc) is 3.10. The van der Waals surface area contributed by atoms with Gasteiger partial charge < -0.3 is 19.4 Å². The van der Waals surface area contributed by atoms with Crippen molar-refractivity contribution in [2.24, 2.45) is 5.92 Å². The molecule has 1 saturated carbocycles. The van der Waals surface area contributed by atoms with Gasteiger partial charge in [0.1, 0.15) is 5.75 Å². The van der Waals surface area contributed by atoms with Crippen LogP contribution in [0.4, 0.5) is 14.5 Å². The number of nitrogens with one attached hydrogen (secondary N) is 1. The lowest BCUT2D eigenvalue weighted by Crippen LogP contribution is -2.28. The topological polar surface area (TPSA) is 52.5 Å². The van der Waals surface area contributed by atoms with E-state index in [1.807, 2.05) is 29.7 Å². The van der Waals surface area contributed by atoms with Crippen LogP contribution < -0.4 is 15.6 Å². The van der Waals surface area contributed by atoms with Crippen LogP contribution in [0.5, 0.6) is 5.75 Å². The van der Waals surface area contributed by atoms with E-state index in [4.69, 9.17) is 9.47 Å². The number of fused-ring (bicyclic) bond motifs is 3. The Kier molecular flexibility index (Phi) is 4.81. The molecule has 30 heavy (non-hydrogen) atoms. The van der Waals surface area contributed by atoms with Gasteiger partial charge in [-0.2, -0.15) is 0 Å². The van der Waals surface area contributed by atoms with E-state index in [9.17, 15) is 13.6 Å². The molecule has 0 spiro atoms. The van der Waals surface area contributed by atoms with Gasteiger partial charge >= 0.3 is 0 Å². The average molecular weight is 416 g/mol. The van der Waals surface area contributed by atoms with Crippen molar-refractivity contribution < 1.29 is 18.3 Å². The molecule has 1 aromatic carbocycles. The van der Waals surface area contributed by atoms with Gasteiger partial charge in [0, 0.05) is 43.4 Å². The van der Waals surface area contributed by atoms with Crippen molar-refractivity contribution in [2.75, 3.05) is 25.1 Å². The summed E-state index contributed by atoms with van der Waals surface area (Å²) < 4.78 is 39.3. The standard InChI is InChI=1S/C23H26F2N2O3/c1-14-20(26-12-18-3-2-8-29-18)10-21(28)27-7-6-15-9-17(4-5-19(15)22(14)27)30-13-16-11-23(16,24)25/h4-5,9-10,16,18,26H,2-3,6-8,11-13H2,1H3. The molecule has 3 aliphatic rings. The van der Waals surface area contributed by atoms with Gasteiger partial charge in [0.15, 0.2) is 0 Å². The molecule has 7 heteroatoms. The van der Waals surface area contributed by atoms with Crippen molar-refractivity contribution in [3.63, 3.8) is 0 Å². The number of halogens is 2. The molecule has 3 heterocycles. The minimum atomic E-state index is -2.57. The largest absolute Gasteiger partial charge is 0.493 e. The van der Waals surface area contributed by atoms with Crippen LogP contribution in [0.2, 0.25) is 0 Å². The molecule has 2 aromatic rings. The first kappa shape index (κ1) is 19.5. The van der Waals surface area contributed by atoms with Crippen molar-refractivity contribution in [1.29, 1.82) is 0 Å². The van der Waals surface area contributed by atoms with Crippen molar-refractivity contribution in [3.05, 3.63) is 45.7 Å². The highest BCUT2D eigenvalue weighted by atomic mass is 19.3. The van der Waals surface area contributed by atoms with Crippen LogP contribution in [0.15, 0.2) is 29.1 Å². The predicted molar refractivity (Wildman–Crippen MR) is 111 cm³/mol. The third-order valence-corrected chi connectivity index (χ3v) is 6.45. The Labute approximate surface area is 174 Å². The number of ether oxygens (including phenoxy) is 2. The molecule has 160 valence electrons. The Morgan fingerprint density at radius 3 is 2.90 bits per heavy atom. The second-order valence-electron chi connectivity index (χ2n) is 8.58. The monoisotopic (exact) mass is 416 g/mol. The molecule has 2 fully saturated rings. The number of hydrogen-bond donors (Lipinski definition) is 1. The van der Waals surface area contributed by atoms with Crippen molar-refractivity contribution in [3.8, 4) is 17.0 Å². The summed E-state index contributed by atoms with van der Waals surface area (Å²) in [7, 11) is 0. The number of aryl methyl sites for hydroxylation is 1. The van der Waals surface area contributed by atoms with Crippen LogP contribution in [-0.4, -0.2) is 36.4 Å². The summed E-state index contributed by atoms with van der Waals surface area (Å²) in [6.07, 6.45) is 2.92. The van der Waals surface area contributed by atoms with Gasteiger partial charge in [-0.25, -0.2) is 8.78 Å². The van der Waals surface area contributed by atoms with Crippen molar-refractivity contribution in [1.82, 2.24) is 4.57 Å². The second-order valence-corrected chi connectivity index (χ2v) is 8.58. The van der Waals surface area contributed by atoms with Gasteiger partial charge in [-0.15, -0.1) is 0 Å². The lowest BCUT2D eigenvalue weighted by molar-refractivity contribution is 0.0856. The molecule has 2 atom stereocenters. The van der Waals surface area contributed by atoms with Gasteiger partial charge in [0.05, 0.1) is 24.3 Å². The highest BCUT2D eigenvalue weighted by Gasteiger charge is 2.57. The molecule has 1 N–H and O–H groups in total. The SMILES string of the molecule is Cc1c(NCC2CCCO2)cc(=O)n2c1-c1ccc(OCC3CC3(F)F)cc1CC2. The van der Waals surface area contributed by atoms with E-state index in [0.717, 1.165) is 47.5 Å². The van der Waals surface area contributed by atoms with E-state index in [1.54, 1.807) is 6.07 Å². The van der Waals surface area contributed by atoms with Crippen LogP contribution in [0.3, 0.4) is 0 Å². The zero-order valence-corrected chi connectivity index (χ0v) is 17.0. The normalized spacial score (nSPS) is 23.6. The number of hydrogen-bond acceptors (Lipinski definition) is 4.